The SMILES string of the molecule is CCCN(CC)C1(CN)CCC(C(C)(C)C)CC1. The summed E-state index contributed by atoms with van der Waals surface area (Å²) in [4.78, 5) is 2.64. The second-order valence-corrected chi connectivity index (χ2v) is 7.15. The summed E-state index contributed by atoms with van der Waals surface area (Å²) >= 11 is 0. The quantitative estimate of drug-likeness (QED) is 0.811. The van der Waals surface area contributed by atoms with Crippen LogP contribution >= 0.6 is 0 Å². The highest BCUT2D eigenvalue weighted by Crippen LogP contribution is 2.43. The zero-order valence-electron chi connectivity index (χ0n) is 13.3. The van der Waals surface area contributed by atoms with Gasteiger partial charge in [-0.3, -0.25) is 4.90 Å². The highest BCUT2D eigenvalue weighted by Gasteiger charge is 2.40. The van der Waals surface area contributed by atoms with Crippen LogP contribution in [0.2, 0.25) is 0 Å². The molecule has 0 saturated heterocycles. The Bertz CT molecular complexity index is 234. The second kappa shape index (κ2) is 6.38. The number of nitrogens with two attached hydrogens (primary N) is 1. The summed E-state index contributed by atoms with van der Waals surface area (Å²) in [6.45, 7) is 14.9. The maximum atomic E-state index is 6.16. The Kier molecular flexibility index (Phi) is 5.67. The Labute approximate surface area is 114 Å². The van der Waals surface area contributed by atoms with Crippen molar-refractivity contribution in [3.05, 3.63) is 0 Å². The molecule has 0 amide bonds. The van der Waals surface area contributed by atoms with Crippen molar-refractivity contribution >= 4 is 0 Å². The van der Waals surface area contributed by atoms with E-state index in [1.54, 1.807) is 0 Å². The van der Waals surface area contributed by atoms with Crippen LogP contribution in [0.25, 0.3) is 0 Å². The molecule has 0 aromatic heterocycles. The third kappa shape index (κ3) is 3.48. The minimum Gasteiger partial charge on any atom is -0.329 e. The minimum absolute atomic E-state index is 0.298. The van der Waals surface area contributed by atoms with Gasteiger partial charge in [0.05, 0.1) is 0 Å². The van der Waals surface area contributed by atoms with Crippen LogP contribution in [0.4, 0.5) is 0 Å². The summed E-state index contributed by atoms with van der Waals surface area (Å²) in [5.74, 6) is 0.873. The van der Waals surface area contributed by atoms with Gasteiger partial charge in [0.15, 0.2) is 0 Å². The molecule has 0 aromatic carbocycles. The largest absolute Gasteiger partial charge is 0.329 e. The first-order valence-electron chi connectivity index (χ1n) is 7.84. The summed E-state index contributed by atoms with van der Waals surface area (Å²) in [5, 5.41) is 0. The topological polar surface area (TPSA) is 29.3 Å². The predicted molar refractivity (Wildman–Crippen MR) is 80.7 cm³/mol. The number of hydrogen-bond acceptors (Lipinski definition) is 2. The Morgan fingerprint density at radius 3 is 2.06 bits per heavy atom. The van der Waals surface area contributed by atoms with Gasteiger partial charge in [-0.05, 0) is 56.5 Å². The van der Waals surface area contributed by atoms with E-state index in [1.807, 2.05) is 0 Å². The predicted octanol–water partition coefficient (Wildman–Crippen LogP) is 3.65. The lowest BCUT2D eigenvalue weighted by Gasteiger charge is -2.49. The van der Waals surface area contributed by atoms with Gasteiger partial charge in [0, 0.05) is 12.1 Å². The molecule has 1 aliphatic rings. The third-order valence-electron chi connectivity index (χ3n) is 5.07. The van der Waals surface area contributed by atoms with Gasteiger partial charge in [-0.15, -0.1) is 0 Å². The zero-order valence-corrected chi connectivity index (χ0v) is 13.3. The molecule has 1 saturated carbocycles. The Hall–Kier alpha value is -0.0800. The Morgan fingerprint density at radius 1 is 1.17 bits per heavy atom. The molecule has 2 nitrogen and oxygen atoms in total. The number of nitrogens with zero attached hydrogens (tertiary/aromatic N) is 1. The van der Waals surface area contributed by atoms with Gasteiger partial charge in [-0.25, -0.2) is 0 Å². The van der Waals surface area contributed by atoms with Crippen molar-refractivity contribution in [2.45, 2.75) is 72.3 Å². The number of rotatable bonds is 5. The molecular weight excluding hydrogens is 220 g/mol. The van der Waals surface area contributed by atoms with E-state index >= 15 is 0 Å². The maximum absolute atomic E-state index is 6.16. The second-order valence-electron chi connectivity index (χ2n) is 7.15. The molecule has 108 valence electrons. The summed E-state index contributed by atoms with van der Waals surface area (Å²) < 4.78 is 0. The lowest BCUT2D eigenvalue weighted by molar-refractivity contribution is 0.0243. The fraction of sp³-hybridized carbons (Fsp3) is 1.00. The average molecular weight is 254 g/mol. The van der Waals surface area contributed by atoms with Crippen LogP contribution in [-0.4, -0.2) is 30.1 Å². The maximum Gasteiger partial charge on any atom is 0.0331 e. The van der Waals surface area contributed by atoms with Gasteiger partial charge >= 0.3 is 0 Å². The molecule has 0 bridgehead atoms. The molecule has 18 heavy (non-hydrogen) atoms. The van der Waals surface area contributed by atoms with Gasteiger partial charge < -0.3 is 5.73 Å². The normalized spacial score (nSPS) is 29.8. The highest BCUT2D eigenvalue weighted by atomic mass is 15.2. The molecule has 2 heteroatoms. The Morgan fingerprint density at radius 2 is 1.72 bits per heavy atom. The number of hydrogen-bond donors (Lipinski definition) is 1. The van der Waals surface area contributed by atoms with Gasteiger partial charge in [0.2, 0.25) is 0 Å². The molecule has 1 rings (SSSR count). The lowest BCUT2D eigenvalue weighted by Crippen LogP contribution is -2.56. The molecule has 0 aliphatic heterocycles. The van der Waals surface area contributed by atoms with Crippen LogP contribution < -0.4 is 5.73 Å². The van der Waals surface area contributed by atoms with E-state index in [4.69, 9.17) is 5.73 Å². The molecule has 2 N–H and O–H groups in total. The third-order valence-corrected chi connectivity index (χ3v) is 5.07. The summed E-state index contributed by atoms with van der Waals surface area (Å²) in [6.07, 6.45) is 6.51. The van der Waals surface area contributed by atoms with E-state index in [1.165, 1.54) is 38.6 Å². The molecule has 0 unspecified atom stereocenters. The lowest BCUT2D eigenvalue weighted by atomic mass is 9.66. The van der Waals surface area contributed by atoms with Crippen molar-refractivity contribution in [1.29, 1.82) is 0 Å². The van der Waals surface area contributed by atoms with Crippen molar-refractivity contribution in [3.8, 4) is 0 Å². The van der Waals surface area contributed by atoms with Crippen LogP contribution in [-0.2, 0) is 0 Å². The van der Waals surface area contributed by atoms with Crippen molar-refractivity contribution in [1.82, 2.24) is 4.90 Å². The molecule has 0 spiro atoms. The summed E-state index contributed by atoms with van der Waals surface area (Å²) in [5.41, 5.74) is 6.92. The van der Waals surface area contributed by atoms with Gasteiger partial charge in [-0.1, -0.05) is 34.6 Å². The van der Waals surface area contributed by atoms with Crippen LogP contribution in [0.1, 0.15) is 66.7 Å². The monoisotopic (exact) mass is 254 g/mol. The molecule has 1 fully saturated rings. The highest BCUT2D eigenvalue weighted by molar-refractivity contribution is 4.97. The average Bonchev–Trinajstić information content (AvgIpc) is 2.35. The van der Waals surface area contributed by atoms with E-state index in [2.05, 4.69) is 39.5 Å². The van der Waals surface area contributed by atoms with Crippen LogP contribution in [0.3, 0.4) is 0 Å². The van der Waals surface area contributed by atoms with Crippen LogP contribution in [0.5, 0.6) is 0 Å². The van der Waals surface area contributed by atoms with E-state index < -0.39 is 0 Å². The van der Waals surface area contributed by atoms with E-state index in [0.29, 0.717) is 11.0 Å². The van der Waals surface area contributed by atoms with Gasteiger partial charge in [0.1, 0.15) is 0 Å². The van der Waals surface area contributed by atoms with Crippen molar-refractivity contribution in [2.24, 2.45) is 17.1 Å². The van der Waals surface area contributed by atoms with E-state index in [-0.39, 0.29) is 0 Å². The molecule has 1 aliphatic carbocycles. The fourth-order valence-corrected chi connectivity index (χ4v) is 3.67. The minimum atomic E-state index is 0.298. The Balaban J connectivity index is 2.70. The first-order valence-corrected chi connectivity index (χ1v) is 7.84. The standard InChI is InChI=1S/C16H34N2/c1-6-12-18(7-2)16(13-17)10-8-14(9-11-16)15(3,4)5/h14H,6-13,17H2,1-5H3. The number of likely N-dealkylation sites (N-methyl/N-ethyl adjacent to an activating group) is 1. The fourth-order valence-electron chi connectivity index (χ4n) is 3.67. The smallest absolute Gasteiger partial charge is 0.0331 e. The van der Waals surface area contributed by atoms with Crippen molar-refractivity contribution < 1.29 is 0 Å². The van der Waals surface area contributed by atoms with Crippen molar-refractivity contribution in [3.63, 3.8) is 0 Å². The zero-order chi connectivity index (χ0) is 13.8. The molecule has 0 radical (unpaired) electrons. The van der Waals surface area contributed by atoms with Gasteiger partial charge in [0.25, 0.3) is 0 Å². The molecule has 0 atom stereocenters. The van der Waals surface area contributed by atoms with Crippen LogP contribution in [0.15, 0.2) is 0 Å². The summed E-state index contributed by atoms with van der Waals surface area (Å²) in [6, 6.07) is 0. The first-order chi connectivity index (χ1) is 8.39. The first kappa shape index (κ1) is 16.0. The van der Waals surface area contributed by atoms with Crippen LogP contribution in [0, 0.1) is 11.3 Å². The van der Waals surface area contributed by atoms with E-state index in [0.717, 1.165) is 19.0 Å². The molecule has 0 aromatic rings. The molecule has 0 heterocycles. The molecular formula is C16H34N2. The van der Waals surface area contributed by atoms with Crippen molar-refractivity contribution in [2.75, 3.05) is 19.6 Å². The van der Waals surface area contributed by atoms with E-state index in [9.17, 15) is 0 Å². The summed E-state index contributed by atoms with van der Waals surface area (Å²) in [7, 11) is 0. The van der Waals surface area contributed by atoms with Gasteiger partial charge in [-0.2, -0.15) is 0 Å².